The lowest BCUT2D eigenvalue weighted by Crippen LogP contribution is -1.87. The van der Waals surface area contributed by atoms with Gasteiger partial charge in [0.25, 0.3) is 0 Å². The minimum atomic E-state index is 0.921. The number of aryl methyl sites for hydroxylation is 1. The van der Waals surface area contributed by atoms with Crippen LogP contribution in [-0.2, 0) is 12.8 Å². The summed E-state index contributed by atoms with van der Waals surface area (Å²) in [6.45, 7) is 2.28. The molecule has 0 amide bonds. The van der Waals surface area contributed by atoms with Crippen LogP contribution in [0.15, 0.2) is 90.5 Å². The second-order valence-corrected chi connectivity index (χ2v) is 10.5. The van der Waals surface area contributed by atoms with Gasteiger partial charge in [-0.3, -0.25) is 0 Å². The minimum Gasteiger partial charge on any atom is -0.0657 e. The molecule has 6 rings (SSSR count). The lowest BCUT2D eigenvalue weighted by atomic mass is 9.94. The predicted molar refractivity (Wildman–Crippen MR) is 161 cm³/mol. The van der Waals surface area contributed by atoms with Crippen molar-refractivity contribution in [3.63, 3.8) is 0 Å². The van der Waals surface area contributed by atoms with Crippen LogP contribution < -0.4 is 0 Å². The van der Waals surface area contributed by atoms with E-state index in [9.17, 15) is 0 Å². The largest absolute Gasteiger partial charge is 0.0657 e. The summed E-state index contributed by atoms with van der Waals surface area (Å²) in [5.74, 6) is 6.89. The van der Waals surface area contributed by atoms with Crippen molar-refractivity contribution in [3.05, 3.63) is 113 Å². The van der Waals surface area contributed by atoms with Gasteiger partial charge in [0.05, 0.1) is 0 Å². The van der Waals surface area contributed by atoms with Crippen LogP contribution in [-0.4, -0.2) is 0 Å². The Balaban J connectivity index is 1.20. The van der Waals surface area contributed by atoms with Crippen molar-refractivity contribution in [3.8, 4) is 11.8 Å². The Labute approximate surface area is 221 Å². The Morgan fingerprint density at radius 3 is 2.22 bits per heavy atom. The van der Waals surface area contributed by atoms with E-state index < -0.39 is 0 Å². The molecule has 0 saturated heterocycles. The molecule has 0 heteroatoms. The highest BCUT2D eigenvalue weighted by atomic mass is 14.2. The summed E-state index contributed by atoms with van der Waals surface area (Å²) in [6, 6.07) is 31.3. The van der Waals surface area contributed by atoms with Gasteiger partial charge in [0.2, 0.25) is 0 Å². The molecule has 0 radical (unpaired) electrons. The lowest BCUT2D eigenvalue weighted by molar-refractivity contribution is 0.607. The minimum absolute atomic E-state index is 0.921. The molecule has 0 heterocycles. The second kappa shape index (κ2) is 10.7. The van der Waals surface area contributed by atoms with E-state index in [0.29, 0.717) is 0 Å². The van der Waals surface area contributed by atoms with Gasteiger partial charge in [0.15, 0.2) is 0 Å². The highest BCUT2D eigenvalue weighted by molar-refractivity contribution is 6.14. The maximum atomic E-state index is 3.47. The molecule has 182 valence electrons. The van der Waals surface area contributed by atoms with Gasteiger partial charge < -0.3 is 0 Å². The Morgan fingerprint density at radius 1 is 0.622 bits per heavy atom. The molecule has 0 bridgehead atoms. The van der Waals surface area contributed by atoms with Gasteiger partial charge >= 0.3 is 0 Å². The fourth-order valence-electron chi connectivity index (χ4n) is 5.75. The van der Waals surface area contributed by atoms with Crippen LogP contribution in [0.4, 0.5) is 0 Å². The summed E-state index contributed by atoms with van der Waals surface area (Å²) in [7, 11) is 0. The van der Waals surface area contributed by atoms with Crippen LogP contribution in [0.2, 0.25) is 0 Å². The van der Waals surface area contributed by atoms with E-state index in [-0.39, 0.29) is 0 Å². The lowest BCUT2D eigenvalue weighted by Gasteiger charge is -2.09. The van der Waals surface area contributed by atoms with Crippen LogP contribution in [0, 0.1) is 11.8 Å². The summed E-state index contributed by atoms with van der Waals surface area (Å²) in [4.78, 5) is 0. The van der Waals surface area contributed by atoms with E-state index in [1.165, 1.54) is 99.5 Å². The van der Waals surface area contributed by atoms with Gasteiger partial charge in [-0.05, 0) is 92.2 Å². The topological polar surface area (TPSA) is 0 Å². The molecule has 1 aliphatic carbocycles. The van der Waals surface area contributed by atoms with Crippen molar-refractivity contribution < 1.29 is 0 Å². The first-order valence-corrected chi connectivity index (χ1v) is 14.0. The van der Waals surface area contributed by atoms with Gasteiger partial charge in [0, 0.05) is 17.6 Å². The first-order valence-electron chi connectivity index (χ1n) is 14.0. The van der Waals surface area contributed by atoms with Crippen LogP contribution in [0.25, 0.3) is 38.4 Å². The van der Waals surface area contributed by atoms with Crippen molar-refractivity contribution in [2.24, 2.45) is 0 Å². The first kappa shape index (κ1) is 23.6. The van der Waals surface area contributed by atoms with E-state index in [0.717, 1.165) is 12.0 Å². The number of allylic oxidation sites excluding steroid dienone is 1. The van der Waals surface area contributed by atoms with Crippen molar-refractivity contribution in [2.75, 3.05) is 0 Å². The van der Waals surface area contributed by atoms with Crippen LogP contribution in [0.5, 0.6) is 0 Å². The Bertz CT molecular complexity index is 1670. The average Bonchev–Trinajstić information content (AvgIpc) is 3.37. The molecule has 0 unspecified atom stereocenters. The van der Waals surface area contributed by atoms with E-state index in [4.69, 9.17) is 0 Å². The zero-order valence-electron chi connectivity index (χ0n) is 21.8. The van der Waals surface area contributed by atoms with E-state index in [1.54, 1.807) is 0 Å². The number of hydrogen-bond acceptors (Lipinski definition) is 0. The van der Waals surface area contributed by atoms with Crippen molar-refractivity contribution in [2.45, 2.75) is 58.3 Å². The highest BCUT2D eigenvalue weighted by Crippen LogP contribution is 2.36. The van der Waals surface area contributed by atoms with Gasteiger partial charge in [-0.2, -0.15) is 0 Å². The van der Waals surface area contributed by atoms with Gasteiger partial charge in [0.1, 0.15) is 0 Å². The zero-order valence-corrected chi connectivity index (χ0v) is 21.8. The van der Waals surface area contributed by atoms with E-state index >= 15 is 0 Å². The molecule has 5 aromatic rings. The molecule has 37 heavy (non-hydrogen) atoms. The number of hydrogen-bond donors (Lipinski definition) is 0. The van der Waals surface area contributed by atoms with Gasteiger partial charge in [-0.15, -0.1) is 0 Å². The Hall–Kier alpha value is -3.82. The van der Waals surface area contributed by atoms with Crippen molar-refractivity contribution >= 4 is 38.4 Å². The normalized spacial score (nSPS) is 12.5. The molecule has 0 atom stereocenters. The maximum absolute atomic E-state index is 3.47. The fourth-order valence-corrected chi connectivity index (χ4v) is 5.75. The highest BCUT2D eigenvalue weighted by Gasteiger charge is 2.15. The SMILES string of the molecule is CCCCCCCCc1ccc(C#CC2=Cc3c(ccc4c3ccc3cc5ccccc5cc34)C2)cc1. The summed E-state index contributed by atoms with van der Waals surface area (Å²) in [5, 5.41) is 7.87. The molecule has 0 nitrogen and oxygen atoms in total. The third-order valence-electron chi connectivity index (χ3n) is 7.85. The third-order valence-corrected chi connectivity index (χ3v) is 7.85. The van der Waals surface area contributed by atoms with Gasteiger partial charge in [-0.25, -0.2) is 0 Å². The number of benzene rings is 5. The van der Waals surface area contributed by atoms with E-state index in [2.05, 4.69) is 110 Å². The van der Waals surface area contributed by atoms with Gasteiger partial charge in [-0.1, -0.05) is 112 Å². The van der Waals surface area contributed by atoms with Crippen LogP contribution >= 0.6 is 0 Å². The van der Waals surface area contributed by atoms with Crippen LogP contribution in [0.3, 0.4) is 0 Å². The van der Waals surface area contributed by atoms with Crippen LogP contribution in [0.1, 0.15) is 67.7 Å². The summed E-state index contributed by atoms with van der Waals surface area (Å²) in [6.07, 6.45) is 12.5. The predicted octanol–water partition coefficient (Wildman–Crippen LogP) is 10.0. The summed E-state index contributed by atoms with van der Waals surface area (Å²) >= 11 is 0. The molecule has 0 N–H and O–H groups in total. The molecular formula is C37H34. The van der Waals surface area contributed by atoms with Crippen molar-refractivity contribution in [1.29, 1.82) is 0 Å². The Morgan fingerprint density at radius 2 is 1.38 bits per heavy atom. The Kier molecular flexibility index (Phi) is 6.79. The standard InChI is InChI=1S/C37H34/c1-2-3-4-5-6-7-10-27-13-15-28(16-14-27)17-18-29-23-32-19-21-35-34(36(32)24-29)22-20-33-25-30-11-8-9-12-31(30)26-37(33)35/h8-9,11-16,19-22,24-26H,2-7,10,23H2,1H3. The van der Waals surface area contributed by atoms with Crippen molar-refractivity contribution in [1.82, 2.24) is 0 Å². The summed E-state index contributed by atoms with van der Waals surface area (Å²) in [5.41, 5.74) is 6.46. The second-order valence-electron chi connectivity index (χ2n) is 10.5. The third kappa shape index (κ3) is 5.05. The number of unbranched alkanes of at least 4 members (excludes halogenated alkanes) is 5. The monoisotopic (exact) mass is 478 g/mol. The quantitative estimate of drug-likeness (QED) is 0.0944. The smallest absolute Gasteiger partial charge is 0.0249 e. The molecular weight excluding hydrogens is 444 g/mol. The maximum Gasteiger partial charge on any atom is 0.0249 e. The van der Waals surface area contributed by atoms with E-state index in [1.807, 2.05) is 0 Å². The number of fused-ring (bicyclic) bond motifs is 6. The average molecular weight is 479 g/mol. The zero-order chi connectivity index (χ0) is 25.0. The number of rotatable bonds is 7. The summed E-state index contributed by atoms with van der Waals surface area (Å²) < 4.78 is 0. The molecule has 0 aromatic heterocycles. The fraction of sp³-hybridized carbons (Fsp3) is 0.243. The molecule has 0 spiro atoms. The molecule has 0 aliphatic heterocycles. The molecule has 5 aromatic carbocycles. The first-order chi connectivity index (χ1) is 18.3. The molecule has 0 fully saturated rings. The molecule has 1 aliphatic rings. The molecule has 0 saturated carbocycles.